The van der Waals surface area contributed by atoms with Gasteiger partial charge in [0.2, 0.25) is 10.2 Å². The highest BCUT2D eigenvalue weighted by atomic mass is 32.3. The van der Waals surface area contributed by atoms with E-state index >= 15 is 0 Å². The Morgan fingerprint density at radius 2 is 0.955 bits per heavy atom. The fourth-order valence-corrected chi connectivity index (χ4v) is 13.0. The van der Waals surface area contributed by atoms with Crippen LogP contribution in [0, 0.1) is 0 Å². The molecule has 5 heterocycles. The molecule has 5 aliphatic heterocycles. The molecule has 0 radical (unpaired) electrons. The molecule has 2 nitrogen and oxygen atoms in total. The SMILES string of the molecule is C1=CSC(=C2SC3=C(S2)SC(=C2SC4=C(OCCO4)S2)S3)S1. The molecule has 114 valence electrons. The van der Waals surface area contributed by atoms with E-state index < -0.39 is 0 Å². The van der Waals surface area contributed by atoms with E-state index in [2.05, 4.69) is 10.8 Å². The summed E-state index contributed by atoms with van der Waals surface area (Å²) in [5, 5.41) is 6.21. The molecule has 0 aromatic rings. The molecule has 0 saturated carbocycles. The summed E-state index contributed by atoms with van der Waals surface area (Å²) < 4.78 is 19.7. The Morgan fingerprint density at radius 3 is 1.45 bits per heavy atom. The Kier molecular flexibility index (Phi) is 4.49. The standard InChI is InChI=1S/C12H6O2S8/c1-2-14-6-5(13-1)17-9(18-6)10-21-11-12(22-10)20-8(19-11)7-15-3-4-16-7/h3-4H,1-2H2. The average Bonchev–Trinajstić information content (AvgIpc) is 3.27. The number of ether oxygens (including phenoxy) is 2. The van der Waals surface area contributed by atoms with Crippen molar-refractivity contribution < 1.29 is 9.47 Å². The number of rotatable bonds is 0. The summed E-state index contributed by atoms with van der Waals surface area (Å²) in [6, 6.07) is 0. The van der Waals surface area contributed by atoms with Gasteiger partial charge in [-0.05, 0) is 34.3 Å². The molecule has 5 rings (SSSR count). The highest BCUT2D eigenvalue weighted by molar-refractivity contribution is 8.49. The summed E-state index contributed by atoms with van der Waals surface area (Å²) in [7, 11) is 0. The van der Waals surface area contributed by atoms with Crippen molar-refractivity contribution in [3.05, 3.63) is 46.4 Å². The van der Waals surface area contributed by atoms with Crippen molar-refractivity contribution in [3.8, 4) is 0 Å². The molecule has 0 atom stereocenters. The fraction of sp³-hybridized carbons (Fsp3) is 0.167. The van der Waals surface area contributed by atoms with Crippen molar-refractivity contribution in [2.75, 3.05) is 13.2 Å². The van der Waals surface area contributed by atoms with E-state index in [1.165, 1.54) is 25.4 Å². The van der Waals surface area contributed by atoms with Crippen LogP contribution >= 0.6 is 94.1 Å². The van der Waals surface area contributed by atoms with Gasteiger partial charge in [-0.15, -0.1) is 0 Å². The zero-order chi connectivity index (χ0) is 14.5. The van der Waals surface area contributed by atoms with Crippen molar-refractivity contribution in [3.63, 3.8) is 0 Å². The van der Waals surface area contributed by atoms with E-state index in [0.717, 1.165) is 10.2 Å². The molecule has 0 aliphatic carbocycles. The maximum Gasteiger partial charge on any atom is 0.208 e. The first-order chi connectivity index (χ1) is 10.9. The zero-order valence-electron chi connectivity index (χ0n) is 10.7. The number of hydrogen-bond donors (Lipinski definition) is 0. The molecule has 0 aromatic carbocycles. The number of hydrogen-bond acceptors (Lipinski definition) is 10. The summed E-state index contributed by atoms with van der Waals surface area (Å²) >= 11 is 14.7. The Bertz CT molecular complexity index is 665. The number of thioether (sulfide) groups is 8. The van der Waals surface area contributed by atoms with Crippen molar-refractivity contribution in [1.82, 2.24) is 0 Å². The van der Waals surface area contributed by atoms with Gasteiger partial charge < -0.3 is 9.47 Å². The van der Waals surface area contributed by atoms with Crippen molar-refractivity contribution in [2.24, 2.45) is 0 Å². The molecule has 22 heavy (non-hydrogen) atoms. The van der Waals surface area contributed by atoms with Gasteiger partial charge >= 0.3 is 0 Å². The molecule has 5 aliphatic rings. The lowest BCUT2D eigenvalue weighted by Crippen LogP contribution is -2.08. The first-order valence-corrected chi connectivity index (χ1v) is 12.8. The van der Waals surface area contributed by atoms with E-state index in [1.54, 1.807) is 23.5 Å². The summed E-state index contributed by atoms with van der Waals surface area (Å²) in [4.78, 5) is 0. The maximum atomic E-state index is 5.67. The van der Waals surface area contributed by atoms with E-state index in [9.17, 15) is 0 Å². The van der Waals surface area contributed by atoms with Gasteiger partial charge in [-0.3, -0.25) is 0 Å². The molecule has 0 spiro atoms. The lowest BCUT2D eigenvalue weighted by atomic mass is 10.7. The van der Waals surface area contributed by atoms with E-state index in [0.29, 0.717) is 13.2 Å². The van der Waals surface area contributed by atoms with E-state index in [-0.39, 0.29) is 0 Å². The summed E-state index contributed by atoms with van der Waals surface area (Å²) in [5.74, 6) is 0. The second-order valence-corrected chi connectivity index (χ2v) is 13.5. The van der Waals surface area contributed by atoms with Gasteiger partial charge in [-0.1, -0.05) is 70.6 Å². The van der Waals surface area contributed by atoms with Crippen LogP contribution in [0.25, 0.3) is 0 Å². The Morgan fingerprint density at radius 1 is 0.545 bits per heavy atom. The topological polar surface area (TPSA) is 18.5 Å². The molecule has 0 bridgehead atoms. The van der Waals surface area contributed by atoms with Crippen molar-refractivity contribution >= 4 is 94.1 Å². The van der Waals surface area contributed by atoms with Gasteiger partial charge in [0, 0.05) is 0 Å². The summed E-state index contributed by atoms with van der Waals surface area (Å²) in [6.45, 7) is 1.33. The predicted octanol–water partition coefficient (Wildman–Crippen LogP) is 6.93. The second kappa shape index (κ2) is 6.44. The van der Waals surface area contributed by atoms with Gasteiger partial charge in [0.05, 0.1) is 25.4 Å². The molecule has 0 unspecified atom stereocenters. The normalized spacial score (nSPS) is 26.9. The molecule has 0 fully saturated rings. The van der Waals surface area contributed by atoms with Crippen LogP contribution in [0.5, 0.6) is 0 Å². The maximum absolute atomic E-state index is 5.67. The third-order valence-electron chi connectivity index (χ3n) is 2.73. The first kappa shape index (κ1) is 15.4. The quantitative estimate of drug-likeness (QED) is 0.394. The van der Waals surface area contributed by atoms with Crippen LogP contribution in [0.2, 0.25) is 0 Å². The van der Waals surface area contributed by atoms with Gasteiger partial charge in [0.1, 0.15) is 13.2 Å². The summed E-state index contributed by atoms with van der Waals surface area (Å²) in [5.41, 5.74) is 0. The Hall–Kier alpha value is 1.10. The smallest absolute Gasteiger partial charge is 0.208 e. The Balaban J connectivity index is 1.31. The molecule has 0 saturated heterocycles. The average molecular weight is 439 g/mol. The van der Waals surface area contributed by atoms with Gasteiger partial charge in [0.15, 0.2) is 0 Å². The first-order valence-electron chi connectivity index (χ1n) is 6.15. The van der Waals surface area contributed by atoms with Gasteiger partial charge in [0.25, 0.3) is 0 Å². The van der Waals surface area contributed by atoms with Gasteiger partial charge in [-0.25, -0.2) is 0 Å². The largest absolute Gasteiger partial charge is 0.480 e. The lowest BCUT2D eigenvalue weighted by molar-refractivity contribution is 0.0949. The zero-order valence-corrected chi connectivity index (χ0v) is 17.2. The minimum Gasteiger partial charge on any atom is -0.480 e. The van der Waals surface area contributed by atoms with E-state index in [1.807, 2.05) is 70.6 Å². The minimum absolute atomic E-state index is 0.663. The third kappa shape index (κ3) is 2.81. The molecule has 0 N–H and O–H groups in total. The second-order valence-electron chi connectivity index (χ2n) is 4.12. The molecule has 10 heteroatoms. The van der Waals surface area contributed by atoms with Crippen LogP contribution in [0.15, 0.2) is 46.4 Å². The lowest BCUT2D eigenvalue weighted by Gasteiger charge is -2.13. The fourth-order valence-electron chi connectivity index (χ4n) is 1.86. The molecule has 0 aromatic heterocycles. The highest BCUT2D eigenvalue weighted by Gasteiger charge is 2.37. The van der Waals surface area contributed by atoms with Crippen LogP contribution in [-0.4, -0.2) is 13.2 Å². The monoisotopic (exact) mass is 438 g/mol. The summed E-state index contributed by atoms with van der Waals surface area (Å²) in [6.07, 6.45) is 0. The van der Waals surface area contributed by atoms with E-state index in [4.69, 9.17) is 9.47 Å². The minimum atomic E-state index is 0.663. The Labute approximate surface area is 161 Å². The molecular formula is C12H6O2S8. The van der Waals surface area contributed by atoms with Crippen LogP contribution in [0.1, 0.15) is 0 Å². The predicted molar refractivity (Wildman–Crippen MR) is 110 cm³/mol. The third-order valence-corrected chi connectivity index (χ3v) is 13.9. The van der Waals surface area contributed by atoms with Crippen LogP contribution in [-0.2, 0) is 9.47 Å². The molecular weight excluding hydrogens is 433 g/mol. The van der Waals surface area contributed by atoms with Gasteiger partial charge in [-0.2, -0.15) is 0 Å². The van der Waals surface area contributed by atoms with Crippen molar-refractivity contribution in [1.29, 1.82) is 0 Å². The van der Waals surface area contributed by atoms with Crippen LogP contribution in [0.4, 0.5) is 0 Å². The van der Waals surface area contributed by atoms with Crippen LogP contribution in [0.3, 0.4) is 0 Å². The van der Waals surface area contributed by atoms with Crippen molar-refractivity contribution in [2.45, 2.75) is 0 Å². The molecule has 0 amide bonds. The van der Waals surface area contributed by atoms with Crippen LogP contribution < -0.4 is 0 Å². The highest BCUT2D eigenvalue weighted by Crippen LogP contribution is 2.71.